The van der Waals surface area contributed by atoms with Crippen LogP contribution in [0.25, 0.3) is 0 Å². The van der Waals surface area contributed by atoms with Crippen LogP contribution in [0.15, 0.2) is 36.7 Å². The normalized spacial score (nSPS) is 11.9. The van der Waals surface area contributed by atoms with Gasteiger partial charge in [0, 0.05) is 0 Å². The molecule has 1 atom stereocenters. The van der Waals surface area contributed by atoms with Crippen LogP contribution < -0.4 is 10.1 Å². The third kappa shape index (κ3) is 3.13. The Kier molecular flexibility index (Phi) is 4.54. The predicted molar refractivity (Wildman–Crippen MR) is 73.5 cm³/mol. The molecule has 0 aliphatic rings. The summed E-state index contributed by atoms with van der Waals surface area (Å²) in [6, 6.07) is 9.28. The molecule has 2 N–H and O–H groups in total. The van der Waals surface area contributed by atoms with Gasteiger partial charge in [-0.15, -0.1) is 0 Å². The van der Waals surface area contributed by atoms with Gasteiger partial charge in [0.05, 0.1) is 19.8 Å². The second-order valence-corrected chi connectivity index (χ2v) is 4.19. The van der Waals surface area contributed by atoms with E-state index in [9.17, 15) is 5.11 Å². The van der Waals surface area contributed by atoms with E-state index >= 15 is 0 Å². The van der Waals surface area contributed by atoms with E-state index in [0.29, 0.717) is 11.6 Å². The Bertz CT molecular complexity index is 537. The van der Waals surface area contributed by atoms with E-state index in [2.05, 4.69) is 15.3 Å². The Morgan fingerprint density at radius 2 is 2.05 bits per heavy atom. The van der Waals surface area contributed by atoms with Crippen molar-refractivity contribution in [2.45, 2.75) is 6.04 Å². The van der Waals surface area contributed by atoms with Gasteiger partial charge in [0.25, 0.3) is 0 Å². The van der Waals surface area contributed by atoms with E-state index in [1.54, 1.807) is 0 Å². The SMILES string of the molecule is COc1c(Cl)ncnc1NC(CO)c1ccccc1. The lowest BCUT2D eigenvalue weighted by Crippen LogP contribution is -2.16. The van der Waals surface area contributed by atoms with Crippen molar-refractivity contribution >= 4 is 17.4 Å². The van der Waals surface area contributed by atoms with Crippen molar-refractivity contribution < 1.29 is 9.84 Å². The zero-order chi connectivity index (χ0) is 13.7. The summed E-state index contributed by atoms with van der Waals surface area (Å²) in [5.41, 5.74) is 0.946. The van der Waals surface area contributed by atoms with Crippen LogP contribution in [0.3, 0.4) is 0 Å². The summed E-state index contributed by atoms with van der Waals surface area (Å²) in [5, 5.41) is 12.8. The second kappa shape index (κ2) is 6.36. The van der Waals surface area contributed by atoms with Crippen LogP contribution in [0.2, 0.25) is 5.15 Å². The van der Waals surface area contributed by atoms with Crippen molar-refractivity contribution in [3.05, 3.63) is 47.4 Å². The van der Waals surface area contributed by atoms with Gasteiger partial charge in [0.15, 0.2) is 16.7 Å². The number of nitrogens with zero attached hydrogens (tertiary/aromatic N) is 2. The minimum atomic E-state index is -0.291. The predicted octanol–water partition coefficient (Wildman–Crippen LogP) is 2.28. The molecule has 2 rings (SSSR count). The lowest BCUT2D eigenvalue weighted by atomic mass is 10.1. The molecule has 1 heterocycles. The van der Waals surface area contributed by atoms with Crippen LogP contribution in [-0.4, -0.2) is 28.8 Å². The van der Waals surface area contributed by atoms with E-state index in [4.69, 9.17) is 16.3 Å². The molecule has 0 radical (unpaired) electrons. The van der Waals surface area contributed by atoms with Crippen molar-refractivity contribution in [1.82, 2.24) is 9.97 Å². The molecule has 5 nitrogen and oxygen atoms in total. The van der Waals surface area contributed by atoms with Crippen LogP contribution in [0.5, 0.6) is 5.75 Å². The van der Waals surface area contributed by atoms with Crippen molar-refractivity contribution in [3.8, 4) is 5.75 Å². The lowest BCUT2D eigenvalue weighted by Gasteiger charge is -2.18. The van der Waals surface area contributed by atoms with Crippen LogP contribution in [0, 0.1) is 0 Å². The maximum Gasteiger partial charge on any atom is 0.198 e. The fourth-order valence-corrected chi connectivity index (χ4v) is 1.93. The topological polar surface area (TPSA) is 67.3 Å². The van der Waals surface area contributed by atoms with Gasteiger partial charge < -0.3 is 15.2 Å². The number of halogens is 1. The van der Waals surface area contributed by atoms with Gasteiger partial charge in [-0.25, -0.2) is 9.97 Å². The Morgan fingerprint density at radius 3 is 2.68 bits per heavy atom. The Balaban J connectivity index is 2.27. The number of ether oxygens (including phenoxy) is 1. The van der Waals surface area contributed by atoms with Crippen LogP contribution in [0.4, 0.5) is 5.82 Å². The van der Waals surface area contributed by atoms with Crippen molar-refractivity contribution in [2.24, 2.45) is 0 Å². The van der Waals surface area contributed by atoms with Gasteiger partial charge in [0.1, 0.15) is 6.33 Å². The van der Waals surface area contributed by atoms with Crippen LogP contribution >= 0.6 is 11.6 Å². The number of hydrogen-bond donors (Lipinski definition) is 2. The van der Waals surface area contributed by atoms with Gasteiger partial charge in [-0.05, 0) is 5.56 Å². The summed E-state index contributed by atoms with van der Waals surface area (Å²) < 4.78 is 5.16. The summed E-state index contributed by atoms with van der Waals surface area (Å²) >= 11 is 5.92. The first kappa shape index (κ1) is 13.6. The molecule has 19 heavy (non-hydrogen) atoms. The molecule has 0 fully saturated rings. The van der Waals surface area contributed by atoms with E-state index in [0.717, 1.165) is 5.56 Å². The maximum absolute atomic E-state index is 9.49. The number of aromatic nitrogens is 2. The van der Waals surface area contributed by atoms with Crippen molar-refractivity contribution in [1.29, 1.82) is 0 Å². The number of benzene rings is 1. The minimum Gasteiger partial charge on any atom is -0.490 e. The van der Waals surface area contributed by atoms with Crippen molar-refractivity contribution in [2.75, 3.05) is 19.0 Å². The number of aliphatic hydroxyl groups is 1. The van der Waals surface area contributed by atoms with Gasteiger partial charge in [-0.3, -0.25) is 0 Å². The molecule has 0 saturated carbocycles. The lowest BCUT2D eigenvalue weighted by molar-refractivity contribution is 0.275. The number of aliphatic hydroxyl groups excluding tert-OH is 1. The number of hydrogen-bond acceptors (Lipinski definition) is 5. The van der Waals surface area contributed by atoms with Gasteiger partial charge in [-0.1, -0.05) is 41.9 Å². The summed E-state index contributed by atoms with van der Waals surface area (Å²) in [6.45, 7) is -0.0746. The zero-order valence-electron chi connectivity index (χ0n) is 10.4. The molecule has 2 aromatic rings. The molecule has 1 aromatic heterocycles. The molecular weight excluding hydrogens is 266 g/mol. The highest BCUT2D eigenvalue weighted by Crippen LogP contribution is 2.30. The highest BCUT2D eigenvalue weighted by atomic mass is 35.5. The molecule has 0 aliphatic heterocycles. The van der Waals surface area contributed by atoms with Gasteiger partial charge in [-0.2, -0.15) is 0 Å². The molecular formula is C13H14ClN3O2. The number of anilines is 1. The third-order valence-electron chi connectivity index (χ3n) is 2.66. The molecule has 0 amide bonds. The van der Waals surface area contributed by atoms with E-state index in [1.807, 2.05) is 30.3 Å². The summed E-state index contributed by atoms with van der Waals surface area (Å²) in [7, 11) is 1.49. The number of methoxy groups -OCH3 is 1. The zero-order valence-corrected chi connectivity index (χ0v) is 11.1. The van der Waals surface area contributed by atoms with Crippen molar-refractivity contribution in [3.63, 3.8) is 0 Å². The minimum absolute atomic E-state index is 0.0746. The van der Waals surface area contributed by atoms with E-state index in [1.165, 1.54) is 13.4 Å². The van der Waals surface area contributed by atoms with E-state index in [-0.39, 0.29) is 17.8 Å². The molecule has 1 aromatic carbocycles. The monoisotopic (exact) mass is 279 g/mol. The van der Waals surface area contributed by atoms with Crippen LogP contribution in [0.1, 0.15) is 11.6 Å². The smallest absolute Gasteiger partial charge is 0.198 e. The molecule has 0 aliphatic carbocycles. The maximum atomic E-state index is 9.49. The summed E-state index contributed by atoms with van der Waals surface area (Å²) in [5.74, 6) is 0.809. The fourth-order valence-electron chi connectivity index (χ4n) is 1.72. The van der Waals surface area contributed by atoms with Crippen LogP contribution in [-0.2, 0) is 0 Å². The molecule has 100 valence electrons. The number of rotatable bonds is 5. The van der Waals surface area contributed by atoms with E-state index < -0.39 is 0 Å². The molecule has 6 heteroatoms. The summed E-state index contributed by atoms with van der Waals surface area (Å²) in [4.78, 5) is 7.92. The first-order valence-electron chi connectivity index (χ1n) is 5.73. The Labute approximate surface area is 116 Å². The fraction of sp³-hybridized carbons (Fsp3) is 0.231. The average Bonchev–Trinajstić information content (AvgIpc) is 2.46. The third-order valence-corrected chi connectivity index (χ3v) is 2.93. The highest BCUT2D eigenvalue weighted by Gasteiger charge is 2.15. The molecule has 1 unspecified atom stereocenters. The second-order valence-electron chi connectivity index (χ2n) is 3.84. The molecule has 0 bridgehead atoms. The van der Waals surface area contributed by atoms with Gasteiger partial charge in [0.2, 0.25) is 0 Å². The standard InChI is InChI=1S/C13H14ClN3O2/c1-19-11-12(14)15-8-16-13(11)17-10(7-18)9-5-3-2-4-6-9/h2-6,8,10,18H,7H2,1H3,(H,15,16,17). The Hall–Kier alpha value is -1.85. The molecule has 0 saturated heterocycles. The van der Waals surface area contributed by atoms with Gasteiger partial charge >= 0.3 is 0 Å². The molecule has 0 spiro atoms. The average molecular weight is 280 g/mol. The highest BCUT2D eigenvalue weighted by molar-refractivity contribution is 6.31. The quantitative estimate of drug-likeness (QED) is 0.822. The number of nitrogens with one attached hydrogen (secondary N) is 1. The largest absolute Gasteiger partial charge is 0.490 e. The summed E-state index contributed by atoms with van der Waals surface area (Å²) in [6.07, 6.45) is 1.34. The first-order valence-corrected chi connectivity index (χ1v) is 6.11. The Morgan fingerprint density at radius 1 is 1.32 bits per heavy atom. The first-order chi connectivity index (χ1) is 9.26.